The molecule has 2 heterocycles. The molecule has 37 heavy (non-hydrogen) atoms. The second-order valence-electron chi connectivity index (χ2n) is 8.97. The van der Waals surface area contributed by atoms with E-state index in [1.165, 1.54) is 23.1 Å². The molecule has 0 saturated carbocycles. The van der Waals surface area contributed by atoms with Crippen molar-refractivity contribution in [2.45, 2.75) is 44.7 Å². The first-order valence-electron chi connectivity index (χ1n) is 11.7. The minimum atomic E-state index is -0.552. The highest BCUT2D eigenvalue weighted by molar-refractivity contribution is 7.99. The van der Waals surface area contributed by atoms with Crippen LogP contribution in [0.4, 0.5) is 11.4 Å². The molecule has 5 rings (SSSR count). The van der Waals surface area contributed by atoms with E-state index in [0.29, 0.717) is 15.4 Å². The number of fused-ring (bicyclic) bond motifs is 3. The molecule has 0 bridgehead atoms. The Kier molecular flexibility index (Phi) is 7.06. The molecule has 0 spiro atoms. The number of amides is 1. The molecule has 1 aliphatic rings. The largest absolute Gasteiger partial charge is 0.324 e. The number of nitro groups is 1. The van der Waals surface area contributed by atoms with E-state index in [4.69, 9.17) is 16.6 Å². The molecule has 2 aromatic heterocycles. The van der Waals surface area contributed by atoms with Gasteiger partial charge in [0, 0.05) is 17.0 Å². The van der Waals surface area contributed by atoms with Crippen molar-refractivity contribution in [3.63, 3.8) is 0 Å². The van der Waals surface area contributed by atoms with Crippen LogP contribution in [0.25, 0.3) is 15.9 Å². The number of hydrogen-bond donors (Lipinski definition) is 1. The summed E-state index contributed by atoms with van der Waals surface area (Å²) in [6.45, 7) is 3.95. The molecule has 1 amide bonds. The molecule has 1 aliphatic carbocycles. The summed E-state index contributed by atoms with van der Waals surface area (Å²) in [7, 11) is 0. The third kappa shape index (κ3) is 5.01. The van der Waals surface area contributed by atoms with Crippen LogP contribution in [0, 0.1) is 24.0 Å². The van der Waals surface area contributed by atoms with Crippen LogP contribution in [0.2, 0.25) is 5.02 Å². The fourth-order valence-electron chi connectivity index (χ4n) is 4.59. The number of anilines is 1. The Bertz CT molecular complexity index is 1630. The van der Waals surface area contributed by atoms with Gasteiger partial charge in [-0.3, -0.25) is 24.3 Å². The first kappa shape index (κ1) is 25.4. The number of rotatable bonds is 6. The van der Waals surface area contributed by atoms with Gasteiger partial charge in [0.05, 0.1) is 32.5 Å². The Balaban J connectivity index is 1.52. The number of thiophene rings is 1. The molecule has 2 aromatic carbocycles. The zero-order valence-electron chi connectivity index (χ0n) is 20.2. The summed E-state index contributed by atoms with van der Waals surface area (Å²) in [5.74, 6) is -0.480. The van der Waals surface area contributed by atoms with Crippen LogP contribution >= 0.6 is 34.7 Å². The maximum atomic E-state index is 13.9. The molecule has 0 saturated heterocycles. The third-order valence-corrected chi connectivity index (χ3v) is 8.77. The van der Waals surface area contributed by atoms with E-state index in [1.54, 1.807) is 15.9 Å². The predicted molar refractivity (Wildman–Crippen MR) is 149 cm³/mol. The normalized spacial score (nSPS) is 12.9. The number of thioether (sulfide) groups is 1. The average Bonchev–Trinajstić information content (AvgIpc) is 3.23. The van der Waals surface area contributed by atoms with Gasteiger partial charge in [-0.25, -0.2) is 4.98 Å². The van der Waals surface area contributed by atoms with Crippen molar-refractivity contribution in [1.82, 2.24) is 9.55 Å². The standard InChI is InChI=1S/C26H23ClN4O4S2/c1-14-7-10-20(15(2)11-14)30-25(33)23-17-5-3-4-6-21(17)37-24(23)29-26(30)36-13-22(32)28-19-12-16(31(34)35)8-9-18(19)27/h7-12H,3-6,13H2,1-2H3,(H,28,32). The molecule has 0 unspecified atom stereocenters. The van der Waals surface area contributed by atoms with E-state index in [2.05, 4.69) is 5.32 Å². The quantitative estimate of drug-likeness (QED) is 0.131. The Morgan fingerprint density at radius 2 is 2.00 bits per heavy atom. The van der Waals surface area contributed by atoms with Gasteiger partial charge in [0.15, 0.2) is 5.16 Å². The lowest BCUT2D eigenvalue weighted by atomic mass is 9.97. The zero-order chi connectivity index (χ0) is 26.3. The van der Waals surface area contributed by atoms with E-state index in [-0.39, 0.29) is 27.7 Å². The summed E-state index contributed by atoms with van der Waals surface area (Å²) < 4.78 is 1.61. The van der Waals surface area contributed by atoms with Crippen molar-refractivity contribution >= 4 is 62.2 Å². The van der Waals surface area contributed by atoms with Crippen LogP contribution in [0.15, 0.2) is 46.3 Å². The number of aromatic nitrogens is 2. The van der Waals surface area contributed by atoms with Crippen LogP contribution in [0.1, 0.15) is 34.4 Å². The SMILES string of the molecule is Cc1ccc(-n2c(SCC(=O)Nc3cc([N+](=O)[O-])ccc3Cl)nc3sc4c(c3c2=O)CCCC4)c(C)c1. The molecule has 0 atom stereocenters. The van der Waals surface area contributed by atoms with Crippen LogP contribution in [-0.2, 0) is 17.6 Å². The van der Waals surface area contributed by atoms with Crippen molar-refractivity contribution in [2.75, 3.05) is 11.1 Å². The third-order valence-electron chi connectivity index (χ3n) is 6.32. The Labute approximate surface area is 225 Å². The average molecular weight is 555 g/mol. The lowest BCUT2D eigenvalue weighted by Gasteiger charge is -2.16. The second kappa shape index (κ2) is 10.3. The van der Waals surface area contributed by atoms with Crippen molar-refractivity contribution in [3.8, 4) is 5.69 Å². The Hall–Kier alpha value is -3.21. The number of carbonyl (C=O) groups excluding carboxylic acids is 1. The topological polar surface area (TPSA) is 107 Å². The maximum Gasteiger partial charge on any atom is 0.271 e. The van der Waals surface area contributed by atoms with Gasteiger partial charge >= 0.3 is 0 Å². The number of carbonyl (C=O) groups is 1. The van der Waals surface area contributed by atoms with E-state index in [1.807, 2.05) is 32.0 Å². The Morgan fingerprint density at radius 1 is 1.22 bits per heavy atom. The van der Waals surface area contributed by atoms with Gasteiger partial charge in [-0.15, -0.1) is 11.3 Å². The van der Waals surface area contributed by atoms with Gasteiger partial charge in [0.1, 0.15) is 4.83 Å². The Morgan fingerprint density at radius 3 is 2.76 bits per heavy atom. The number of hydrogen-bond acceptors (Lipinski definition) is 7. The molecule has 0 fully saturated rings. The first-order valence-corrected chi connectivity index (χ1v) is 13.9. The zero-order valence-corrected chi connectivity index (χ0v) is 22.6. The minimum absolute atomic E-state index is 0.0625. The van der Waals surface area contributed by atoms with Gasteiger partial charge in [-0.2, -0.15) is 0 Å². The first-order chi connectivity index (χ1) is 17.7. The number of halogens is 1. The van der Waals surface area contributed by atoms with Crippen molar-refractivity contribution < 1.29 is 9.72 Å². The number of nitro benzene ring substituents is 1. The summed E-state index contributed by atoms with van der Waals surface area (Å²) in [5.41, 5.74) is 3.70. The number of nitrogens with zero attached hydrogens (tertiary/aromatic N) is 3. The van der Waals surface area contributed by atoms with Crippen molar-refractivity contribution in [3.05, 3.63) is 83.5 Å². The highest BCUT2D eigenvalue weighted by Crippen LogP contribution is 2.35. The molecular weight excluding hydrogens is 532 g/mol. The number of aryl methyl sites for hydroxylation is 4. The van der Waals surface area contributed by atoms with E-state index >= 15 is 0 Å². The lowest BCUT2D eigenvalue weighted by molar-refractivity contribution is -0.384. The number of benzene rings is 2. The molecule has 190 valence electrons. The van der Waals surface area contributed by atoms with Gasteiger partial charge in [-0.1, -0.05) is 41.1 Å². The molecule has 8 nitrogen and oxygen atoms in total. The van der Waals surface area contributed by atoms with Crippen molar-refractivity contribution in [2.24, 2.45) is 0 Å². The molecule has 4 aromatic rings. The second-order valence-corrected chi connectivity index (χ2v) is 11.4. The fraction of sp³-hybridized carbons (Fsp3) is 0.269. The minimum Gasteiger partial charge on any atom is -0.324 e. The van der Waals surface area contributed by atoms with Gasteiger partial charge in [0.25, 0.3) is 11.2 Å². The summed E-state index contributed by atoms with van der Waals surface area (Å²) in [6, 6.07) is 9.74. The van der Waals surface area contributed by atoms with Crippen LogP contribution < -0.4 is 10.9 Å². The van der Waals surface area contributed by atoms with Gasteiger partial charge < -0.3 is 5.32 Å². The van der Waals surface area contributed by atoms with Gasteiger partial charge in [0.2, 0.25) is 5.91 Å². The lowest BCUT2D eigenvalue weighted by Crippen LogP contribution is -2.24. The summed E-state index contributed by atoms with van der Waals surface area (Å²) in [6.07, 6.45) is 3.98. The summed E-state index contributed by atoms with van der Waals surface area (Å²) >= 11 is 8.84. The molecule has 0 aliphatic heterocycles. The smallest absolute Gasteiger partial charge is 0.271 e. The molecular formula is C26H23ClN4O4S2. The monoisotopic (exact) mass is 554 g/mol. The summed E-state index contributed by atoms with van der Waals surface area (Å²) in [4.78, 5) is 44.1. The van der Waals surface area contributed by atoms with Crippen LogP contribution in [-0.4, -0.2) is 26.1 Å². The number of non-ortho nitro benzene ring substituents is 1. The fourth-order valence-corrected chi connectivity index (χ4v) is 6.86. The predicted octanol–water partition coefficient (Wildman–Crippen LogP) is 6.24. The van der Waals surface area contributed by atoms with Gasteiger partial charge in [-0.05, 0) is 62.8 Å². The van der Waals surface area contributed by atoms with E-state index < -0.39 is 10.8 Å². The van der Waals surface area contributed by atoms with Crippen LogP contribution in [0.3, 0.4) is 0 Å². The maximum absolute atomic E-state index is 13.9. The molecule has 11 heteroatoms. The highest BCUT2D eigenvalue weighted by atomic mass is 35.5. The number of nitrogens with one attached hydrogen (secondary N) is 1. The highest BCUT2D eigenvalue weighted by Gasteiger charge is 2.24. The van der Waals surface area contributed by atoms with Crippen LogP contribution in [0.5, 0.6) is 0 Å². The van der Waals surface area contributed by atoms with E-state index in [0.717, 1.165) is 59.8 Å². The van der Waals surface area contributed by atoms with Crippen molar-refractivity contribution in [1.29, 1.82) is 0 Å². The molecule has 0 radical (unpaired) electrons. The van der Waals surface area contributed by atoms with E-state index in [9.17, 15) is 19.7 Å². The molecule has 1 N–H and O–H groups in total. The summed E-state index contributed by atoms with van der Waals surface area (Å²) in [5, 5.41) is 15.0.